The van der Waals surface area contributed by atoms with Gasteiger partial charge in [-0.15, -0.1) is 0 Å². The first kappa shape index (κ1) is 10.7. The maximum Gasteiger partial charge on any atom is 0.195 e. The van der Waals surface area contributed by atoms with Crippen LogP contribution in [-0.2, 0) is 4.74 Å². The maximum atomic E-state index is 12.8. The highest BCUT2D eigenvalue weighted by atomic mass is 16.5. The molecule has 2 bridgehead atoms. The van der Waals surface area contributed by atoms with Gasteiger partial charge in [-0.25, -0.2) is 0 Å². The van der Waals surface area contributed by atoms with Crippen molar-refractivity contribution in [2.75, 3.05) is 0 Å². The molecule has 1 saturated heterocycles. The Labute approximate surface area is 107 Å². The summed E-state index contributed by atoms with van der Waals surface area (Å²) >= 11 is 0. The average Bonchev–Trinajstić information content (AvgIpc) is 2.74. The van der Waals surface area contributed by atoms with E-state index in [1.807, 2.05) is 18.2 Å². The lowest BCUT2D eigenvalue weighted by atomic mass is 9.82. The highest BCUT2D eigenvalue weighted by Gasteiger charge is 2.63. The minimum absolute atomic E-state index is 0.153. The van der Waals surface area contributed by atoms with Gasteiger partial charge in [0.1, 0.15) is 5.60 Å². The fourth-order valence-electron chi connectivity index (χ4n) is 4.45. The van der Waals surface area contributed by atoms with Crippen LogP contribution in [0.3, 0.4) is 0 Å². The Balaban J connectivity index is 1.88. The molecule has 1 saturated carbocycles. The van der Waals surface area contributed by atoms with Crippen LogP contribution in [0.4, 0.5) is 0 Å². The summed E-state index contributed by atoms with van der Waals surface area (Å²) in [4.78, 5) is 12.8. The number of rotatable bonds is 0. The van der Waals surface area contributed by atoms with Gasteiger partial charge < -0.3 is 4.74 Å². The van der Waals surface area contributed by atoms with Crippen molar-refractivity contribution in [2.45, 2.75) is 44.8 Å². The van der Waals surface area contributed by atoms with E-state index in [1.165, 1.54) is 0 Å². The molecule has 18 heavy (non-hydrogen) atoms. The summed E-state index contributed by atoms with van der Waals surface area (Å²) in [6.07, 6.45) is 3.17. The predicted molar refractivity (Wildman–Crippen MR) is 68.5 cm³/mol. The zero-order chi connectivity index (χ0) is 12.5. The Hall–Kier alpha value is -1.15. The molecule has 2 heterocycles. The van der Waals surface area contributed by atoms with Crippen LogP contribution in [0, 0.1) is 11.3 Å². The van der Waals surface area contributed by atoms with Gasteiger partial charge in [0.25, 0.3) is 0 Å². The number of benzene rings is 1. The van der Waals surface area contributed by atoms with Gasteiger partial charge in [-0.1, -0.05) is 38.1 Å². The molecule has 94 valence electrons. The fourth-order valence-corrected chi connectivity index (χ4v) is 4.45. The van der Waals surface area contributed by atoms with Crippen molar-refractivity contribution in [3.8, 4) is 0 Å². The molecule has 0 amide bonds. The number of ether oxygens (including phenoxy) is 1. The summed E-state index contributed by atoms with van der Waals surface area (Å²) in [7, 11) is 0. The van der Waals surface area contributed by atoms with E-state index >= 15 is 0 Å². The van der Waals surface area contributed by atoms with Crippen molar-refractivity contribution in [1.29, 1.82) is 0 Å². The molecule has 1 aromatic carbocycles. The number of carbonyl (C=O) groups excluding carboxylic acids is 1. The molecule has 0 radical (unpaired) electrons. The molecule has 1 spiro atoms. The molecule has 0 aromatic heterocycles. The first-order chi connectivity index (χ1) is 8.52. The first-order valence-electron chi connectivity index (χ1n) is 6.83. The number of hydrogen-bond donors (Lipinski definition) is 0. The smallest absolute Gasteiger partial charge is 0.195 e. The third-order valence-electron chi connectivity index (χ3n) is 4.99. The Kier molecular flexibility index (Phi) is 1.82. The van der Waals surface area contributed by atoms with Crippen LogP contribution in [0.5, 0.6) is 0 Å². The van der Waals surface area contributed by atoms with Crippen molar-refractivity contribution in [3.05, 3.63) is 35.4 Å². The third-order valence-corrected chi connectivity index (χ3v) is 4.99. The molecule has 1 aromatic rings. The lowest BCUT2D eigenvalue weighted by Crippen LogP contribution is -2.43. The summed E-state index contributed by atoms with van der Waals surface area (Å²) in [6, 6.07) is 8.00. The van der Waals surface area contributed by atoms with Gasteiger partial charge in [0, 0.05) is 5.56 Å². The molecule has 0 N–H and O–H groups in total. The first-order valence-corrected chi connectivity index (χ1v) is 6.83. The number of Topliss-reactive ketones (excluding diaryl/α,β-unsaturated/α-hetero) is 1. The van der Waals surface area contributed by atoms with Crippen molar-refractivity contribution >= 4 is 5.78 Å². The van der Waals surface area contributed by atoms with Gasteiger partial charge in [0.2, 0.25) is 0 Å². The van der Waals surface area contributed by atoms with Crippen molar-refractivity contribution < 1.29 is 9.53 Å². The van der Waals surface area contributed by atoms with Crippen LogP contribution < -0.4 is 0 Å². The molecular weight excluding hydrogens is 224 g/mol. The lowest BCUT2D eigenvalue weighted by molar-refractivity contribution is -0.0441. The van der Waals surface area contributed by atoms with Crippen molar-refractivity contribution in [2.24, 2.45) is 11.3 Å². The van der Waals surface area contributed by atoms with Gasteiger partial charge in [0.15, 0.2) is 5.78 Å². The molecule has 3 atom stereocenters. The van der Waals surface area contributed by atoms with E-state index in [4.69, 9.17) is 4.74 Å². The summed E-state index contributed by atoms with van der Waals surface area (Å²) in [5.41, 5.74) is 1.76. The Morgan fingerprint density at radius 1 is 1.28 bits per heavy atom. The zero-order valence-electron chi connectivity index (χ0n) is 10.9. The largest absolute Gasteiger partial charge is 0.359 e. The molecule has 1 aliphatic carbocycles. The van der Waals surface area contributed by atoms with Crippen LogP contribution >= 0.6 is 0 Å². The van der Waals surface area contributed by atoms with Gasteiger partial charge in [0.05, 0.1) is 6.10 Å². The van der Waals surface area contributed by atoms with Crippen LogP contribution in [0.15, 0.2) is 24.3 Å². The summed E-state index contributed by atoms with van der Waals surface area (Å²) in [5.74, 6) is 0.653. The van der Waals surface area contributed by atoms with Crippen molar-refractivity contribution in [3.63, 3.8) is 0 Å². The maximum absolute atomic E-state index is 12.8. The van der Waals surface area contributed by atoms with Crippen LogP contribution in [0.25, 0.3) is 0 Å². The second-order valence-corrected chi connectivity index (χ2v) is 6.89. The molecule has 2 nitrogen and oxygen atoms in total. The third kappa shape index (κ3) is 1.15. The molecule has 2 fully saturated rings. The van der Waals surface area contributed by atoms with Crippen LogP contribution in [0.2, 0.25) is 0 Å². The van der Waals surface area contributed by atoms with Gasteiger partial charge >= 0.3 is 0 Å². The van der Waals surface area contributed by atoms with Gasteiger partial charge in [-0.3, -0.25) is 4.79 Å². The normalized spacial score (nSPS) is 39.6. The number of hydrogen-bond acceptors (Lipinski definition) is 2. The topological polar surface area (TPSA) is 26.3 Å². The Bertz CT molecular complexity index is 546. The standard InChI is InChI=1S/C16H18O2/c1-15(2)8-10-7-13-11-5-3-4-6-12(11)14(17)16(10,9-15)18-13/h3-6,10,13H,7-9H2,1-2H3/t10-,13-,16+/m0/s1. The second kappa shape index (κ2) is 3.05. The summed E-state index contributed by atoms with van der Waals surface area (Å²) in [5, 5.41) is 0. The van der Waals surface area contributed by atoms with E-state index in [0.29, 0.717) is 5.92 Å². The predicted octanol–water partition coefficient (Wildman–Crippen LogP) is 3.52. The van der Waals surface area contributed by atoms with E-state index in [2.05, 4.69) is 19.9 Å². The number of carbonyl (C=O) groups is 1. The fraction of sp³-hybridized carbons (Fsp3) is 0.562. The molecule has 2 aliphatic heterocycles. The highest BCUT2D eigenvalue weighted by Crippen LogP contribution is 2.62. The van der Waals surface area contributed by atoms with Gasteiger partial charge in [-0.2, -0.15) is 0 Å². The zero-order valence-corrected chi connectivity index (χ0v) is 10.9. The summed E-state index contributed by atoms with van der Waals surface area (Å²) < 4.78 is 6.23. The average molecular weight is 242 g/mol. The van der Waals surface area contributed by atoms with Crippen molar-refractivity contribution in [1.82, 2.24) is 0 Å². The van der Waals surface area contributed by atoms with Crippen LogP contribution in [0.1, 0.15) is 55.1 Å². The summed E-state index contributed by atoms with van der Waals surface area (Å²) in [6.45, 7) is 4.51. The van der Waals surface area contributed by atoms with E-state index < -0.39 is 5.60 Å². The number of ketones is 1. The molecule has 2 heteroatoms. The van der Waals surface area contributed by atoms with E-state index in [0.717, 1.165) is 30.4 Å². The van der Waals surface area contributed by atoms with Gasteiger partial charge in [-0.05, 0) is 36.2 Å². The molecule has 0 unspecified atom stereocenters. The quantitative estimate of drug-likeness (QED) is 0.695. The highest BCUT2D eigenvalue weighted by molar-refractivity contribution is 6.05. The van der Waals surface area contributed by atoms with Crippen LogP contribution in [-0.4, -0.2) is 11.4 Å². The van der Waals surface area contributed by atoms with E-state index in [1.54, 1.807) is 0 Å². The molecule has 4 rings (SSSR count). The monoisotopic (exact) mass is 242 g/mol. The second-order valence-electron chi connectivity index (χ2n) is 6.89. The molecule has 3 aliphatic rings. The minimum atomic E-state index is -0.498. The van der Waals surface area contributed by atoms with E-state index in [-0.39, 0.29) is 17.3 Å². The SMILES string of the molecule is CC1(C)C[C@@H]2C[C@@H]3O[C@@]2(C1)C(=O)c1ccccc13. The van der Waals surface area contributed by atoms with E-state index in [9.17, 15) is 4.79 Å². The minimum Gasteiger partial charge on any atom is -0.359 e. The molecular formula is C16H18O2. The Morgan fingerprint density at radius 2 is 2.06 bits per heavy atom. The number of fused-ring (bicyclic) bond motifs is 3. The Morgan fingerprint density at radius 3 is 2.89 bits per heavy atom. The lowest BCUT2D eigenvalue weighted by Gasteiger charge is -2.34.